The van der Waals surface area contributed by atoms with E-state index in [-0.39, 0.29) is 12.1 Å². The van der Waals surface area contributed by atoms with Gasteiger partial charge in [0.1, 0.15) is 22.9 Å². The van der Waals surface area contributed by atoms with Crippen molar-refractivity contribution in [2.24, 2.45) is 5.92 Å². The van der Waals surface area contributed by atoms with E-state index >= 15 is 0 Å². The first-order valence-corrected chi connectivity index (χ1v) is 6.53. The second kappa shape index (κ2) is 3.88. The van der Waals surface area contributed by atoms with Crippen LogP contribution in [0.3, 0.4) is 0 Å². The van der Waals surface area contributed by atoms with Crippen molar-refractivity contribution in [1.29, 1.82) is 0 Å². The lowest BCUT2D eigenvalue weighted by Crippen LogP contribution is -2.50. The Balaban J connectivity index is 1.92. The van der Waals surface area contributed by atoms with Gasteiger partial charge in [-0.15, -0.1) is 0 Å². The molecule has 86 valence electrons. The number of hydrogen-bond acceptors (Lipinski definition) is 2. The molecule has 2 nitrogen and oxygen atoms in total. The molecule has 3 atom stereocenters. The van der Waals surface area contributed by atoms with Gasteiger partial charge in [-0.1, -0.05) is 18.3 Å². The Bertz CT molecular complexity index is 385. The average molecular weight is 235 g/mol. The maximum Gasteiger partial charge on any atom is 0.145 e. The zero-order valence-corrected chi connectivity index (χ0v) is 10.3. The summed E-state index contributed by atoms with van der Waals surface area (Å²) >= 11 is 5.30. The maximum atomic E-state index is 5.87. The van der Waals surface area contributed by atoms with E-state index < -0.39 is 0 Å². The Morgan fingerprint density at radius 1 is 1.44 bits per heavy atom. The van der Waals surface area contributed by atoms with Gasteiger partial charge in [-0.2, -0.15) is 0 Å². The topological polar surface area (TPSA) is 21.3 Å². The molecule has 0 radical (unpaired) electrons. The largest absolute Gasteiger partial charge is 0.486 e. The third kappa shape index (κ3) is 1.58. The third-order valence-corrected chi connectivity index (χ3v) is 4.25. The van der Waals surface area contributed by atoms with E-state index in [2.05, 4.69) is 17.5 Å². The number of thiocarbonyl (C=S) groups is 1. The Kier molecular flexibility index (Phi) is 2.51. The minimum Gasteiger partial charge on any atom is -0.486 e. The number of rotatable bonds is 0. The fourth-order valence-corrected chi connectivity index (χ4v) is 3.07. The number of allylic oxidation sites excluding steroid dienone is 2. The van der Waals surface area contributed by atoms with Crippen LogP contribution in [-0.4, -0.2) is 17.1 Å². The van der Waals surface area contributed by atoms with Crippen LogP contribution in [0.25, 0.3) is 0 Å². The number of ether oxygens (including phenoxy) is 1. The molecule has 1 fully saturated rings. The number of fused-ring (bicyclic) bond motifs is 3. The first-order valence-electron chi connectivity index (χ1n) is 6.13. The molecule has 0 saturated carbocycles. The van der Waals surface area contributed by atoms with E-state index in [1.54, 1.807) is 0 Å². The summed E-state index contributed by atoms with van der Waals surface area (Å²) in [6.45, 7) is 2.01. The monoisotopic (exact) mass is 235 g/mol. The van der Waals surface area contributed by atoms with Gasteiger partial charge in [0.05, 0.1) is 0 Å². The van der Waals surface area contributed by atoms with Crippen LogP contribution < -0.4 is 5.32 Å². The standard InChI is InChI=1S/C13H17NOS/c1-8-13(16)14-12-10-5-3-2-4-9(10)6-7-11(12)15-8/h5,7-9,12H,2-4,6H2,1H3,(H,14,16). The Hall–Kier alpha value is -0.830. The van der Waals surface area contributed by atoms with Crippen molar-refractivity contribution < 1.29 is 4.74 Å². The normalized spacial score (nSPS) is 37.3. The van der Waals surface area contributed by atoms with Crippen LogP contribution in [0.1, 0.15) is 32.6 Å². The fraction of sp³-hybridized carbons (Fsp3) is 0.615. The van der Waals surface area contributed by atoms with Gasteiger partial charge in [-0.3, -0.25) is 0 Å². The quantitative estimate of drug-likeness (QED) is 0.515. The number of hydrogen-bond donors (Lipinski definition) is 1. The molecule has 2 aliphatic carbocycles. The molecular formula is C13H17NOS. The summed E-state index contributed by atoms with van der Waals surface area (Å²) in [5, 5.41) is 3.44. The zero-order chi connectivity index (χ0) is 11.1. The average Bonchev–Trinajstić information content (AvgIpc) is 2.31. The Labute approximate surface area is 102 Å². The van der Waals surface area contributed by atoms with Gasteiger partial charge < -0.3 is 10.1 Å². The van der Waals surface area contributed by atoms with Crippen molar-refractivity contribution in [1.82, 2.24) is 5.32 Å². The molecule has 1 N–H and O–H groups in total. The highest BCUT2D eigenvalue weighted by molar-refractivity contribution is 7.80. The molecule has 0 amide bonds. The molecule has 16 heavy (non-hydrogen) atoms. The summed E-state index contributed by atoms with van der Waals surface area (Å²) in [5.41, 5.74) is 1.51. The highest BCUT2D eigenvalue weighted by Crippen LogP contribution is 2.38. The maximum absolute atomic E-state index is 5.87. The first-order chi connectivity index (χ1) is 7.75. The van der Waals surface area contributed by atoms with Crippen LogP contribution in [-0.2, 0) is 4.74 Å². The highest BCUT2D eigenvalue weighted by atomic mass is 32.1. The van der Waals surface area contributed by atoms with Crippen molar-refractivity contribution >= 4 is 17.2 Å². The van der Waals surface area contributed by atoms with Crippen molar-refractivity contribution in [2.45, 2.75) is 44.8 Å². The minimum atomic E-state index is 0.0261. The molecule has 0 aromatic carbocycles. The molecule has 0 aromatic heterocycles. The minimum absolute atomic E-state index is 0.0261. The summed E-state index contributed by atoms with van der Waals surface area (Å²) in [7, 11) is 0. The molecule has 3 rings (SSSR count). The van der Waals surface area contributed by atoms with E-state index in [9.17, 15) is 0 Å². The fourth-order valence-electron chi connectivity index (χ4n) is 2.90. The molecule has 0 aromatic rings. The predicted octanol–water partition coefficient (Wildman–Crippen LogP) is 2.70. The third-order valence-electron chi connectivity index (χ3n) is 3.80. The second-order valence-electron chi connectivity index (χ2n) is 4.88. The summed E-state index contributed by atoms with van der Waals surface area (Å²) in [6, 6.07) is 0.239. The highest BCUT2D eigenvalue weighted by Gasteiger charge is 2.36. The van der Waals surface area contributed by atoms with Crippen molar-refractivity contribution in [3.05, 3.63) is 23.5 Å². The lowest BCUT2D eigenvalue weighted by molar-refractivity contribution is 0.141. The van der Waals surface area contributed by atoms with Crippen molar-refractivity contribution in [2.75, 3.05) is 0 Å². The van der Waals surface area contributed by atoms with Gasteiger partial charge in [0, 0.05) is 0 Å². The van der Waals surface area contributed by atoms with Crippen LogP contribution in [0.2, 0.25) is 0 Å². The zero-order valence-electron chi connectivity index (χ0n) is 9.53. The smallest absolute Gasteiger partial charge is 0.145 e. The predicted molar refractivity (Wildman–Crippen MR) is 68.2 cm³/mol. The molecule has 1 aliphatic heterocycles. The molecule has 3 unspecified atom stereocenters. The lowest BCUT2D eigenvalue weighted by atomic mass is 9.77. The number of morpholine rings is 1. The molecule has 0 bridgehead atoms. The van der Waals surface area contributed by atoms with E-state index in [0.29, 0.717) is 0 Å². The van der Waals surface area contributed by atoms with Crippen molar-refractivity contribution in [3.63, 3.8) is 0 Å². The van der Waals surface area contributed by atoms with Crippen LogP contribution >= 0.6 is 12.2 Å². The van der Waals surface area contributed by atoms with E-state index in [4.69, 9.17) is 17.0 Å². The summed E-state index contributed by atoms with van der Waals surface area (Å²) in [6.07, 6.45) is 9.66. The Morgan fingerprint density at radius 2 is 2.31 bits per heavy atom. The lowest BCUT2D eigenvalue weighted by Gasteiger charge is -2.40. The van der Waals surface area contributed by atoms with Gasteiger partial charge in [0.15, 0.2) is 0 Å². The van der Waals surface area contributed by atoms with Crippen molar-refractivity contribution in [3.8, 4) is 0 Å². The SMILES string of the molecule is CC1OC2=CCC3CCCC=C3C2NC1=S. The van der Waals surface area contributed by atoms with Gasteiger partial charge in [0.2, 0.25) is 0 Å². The molecule has 0 spiro atoms. The van der Waals surface area contributed by atoms with Crippen LogP contribution in [0.15, 0.2) is 23.5 Å². The Morgan fingerprint density at radius 3 is 3.19 bits per heavy atom. The summed E-state index contributed by atoms with van der Waals surface area (Å²) < 4.78 is 5.87. The van der Waals surface area contributed by atoms with Gasteiger partial charge in [0.25, 0.3) is 0 Å². The molecule has 3 heteroatoms. The van der Waals surface area contributed by atoms with Crippen LogP contribution in [0, 0.1) is 5.92 Å². The van der Waals surface area contributed by atoms with Gasteiger partial charge >= 0.3 is 0 Å². The van der Waals surface area contributed by atoms with Gasteiger partial charge in [-0.05, 0) is 50.2 Å². The summed E-state index contributed by atoms with van der Waals surface area (Å²) in [4.78, 5) is 0.842. The van der Waals surface area contributed by atoms with Gasteiger partial charge in [-0.25, -0.2) is 0 Å². The molecule has 1 heterocycles. The van der Waals surface area contributed by atoms with E-state index in [1.807, 2.05) is 6.92 Å². The molecular weight excluding hydrogens is 218 g/mol. The summed E-state index contributed by atoms with van der Waals surface area (Å²) in [5.74, 6) is 1.81. The number of nitrogens with one attached hydrogen (secondary N) is 1. The van der Waals surface area contributed by atoms with E-state index in [0.717, 1.165) is 23.1 Å². The molecule has 3 aliphatic rings. The molecule has 1 saturated heterocycles. The van der Waals surface area contributed by atoms with Crippen LogP contribution in [0.4, 0.5) is 0 Å². The second-order valence-corrected chi connectivity index (χ2v) is 5.32. The van der Waals surface area contributed by atoms with E-state index in [1.165, 1.54) is 24.8 Å². The first kappa shape index (κ1) is 10.3. The van der Waals surface area contributed by atoms with Crippen LogP contribution in [0.5, 0.6) is 0 Å².